The molecule has 0 aliphatic rings. The molecule has 3 nitrogen and oxygen atoms in total. The van der Waals surface area contributed by atoms with Crippen LogP contribution in [0.2, 0.25) is 0 Å². The molecule has 0 spiro atoms. The fourth-order valence-corrected chi connectivity index (χ4v) is 2.95. The van der Waals surface area contributed by atoms with Gasteiger partial charge in [0, 0.05) is 42.8 Å². The van der Waals surface area contributed by atoms with Gasteiger partial charge in [-0.15, -0.1) is 0 Å². The Bertz CT molecular complexity index is 984. The second kappa shape index (κ2) is 5.93. The van der Waals surface area contributed by atoms with Crippen LogP contribution in [0.5, 0.6) is 0 Å². The Morgan fingerprint density at radius 2 is 1.58 bits per heavy atom. The lowest BCUT2D eigenvalue weighted by molar-refractivity contribution is 0.669. The first-order valence-electron chi connectivity index (χ1n) is 8.12. The standard InChI is InChI=1S/C21H20N2O/c1-23(2)17-10-7-15(8-11-17)14-22-16-9-12-21-19(13-16)18-5-3-4-6-20(18)24-21/h3-13,22H,14H2,1-2H3. The third-order valence-electron chi connectivity index (χ3n) is 4.33. The van der Waals surface area contributed by atoms with Gasteiger partial charge in [-0.1, -0.05) is 30.3 Å². The maximum absolute atomic E-state index is 5.87. The topological polar surface area (TPSA) is 28.4 Å². The molecule has 0 unspecified atom stereocenters. The molecule has 1 aromatic heterocycles. The summed E-state index contributed by atoms with van der Waals surface area (Å²) in [6.45, 7) is 0.801. The van der Waals surface area contributed by atoms with Gasteiger partial charge in [0.2, 0.25) is 0 Å². The van der Waals surface area contributed by atoms with Crippen LogP contribution in [0.15, 0.2) is 71.1 Å². The van der Waals surface area contributed by atoms with Crippen LogP contribution >= 0.6 is 0 Å². The van der Waals surface area contributed by atoms with Crippen molar-refractivity contribution in [1.82, 2.24) is 0 Å². The van der Waals surface area contributed by atoms with Crippen molar-refractivity contribution in [3.63, 3.8) is 0 Å². The Labute approximate surface area is 141 Å². The average molecular weight is 316 g/mol. The maximum atomic E-state index is 5.87. The average Bonchev–Trinajstić information content (AvgIpc) is 2.98. The van der Waals surface area contributed by atoms with Gasteiger partial charge in [-0.2, -0.15) is 0 Å². The van der Waals surface area contributed by atoms with E-state index >= 15 is 0 Å². The number of fused-ring (bicyclic) bond motifs is 3. The molecular formula is C21H20N2O. The second-order valence-electron chi connectivity index (χ2n) is 6.22. The monoisotopic (exact) mass is 316 g/mol. The third-order valence-corrected chi connectivity index (χ3v) is 4.33. The number of hydrogen-bond acceptors (Lipinski definition) is 3. The molecule has 0 fully saturated rings. The molecule has 3 aromatic carbocycles. The summed E-state index contributed by atoms with van der Waals surface area (Å²) in [4.78, 5) is 2.11. The zero-order valence-electron chi connectivity index (χ0n) is 13.9. The number of anilines is 2. The van der Waals surface area contributed by atoms with Crippen molar-refractivity contribution in [1.29, 1.82) is 0 Å². The Morgan fingerprint density at radius 1 is 0.833 bits per heavy atom. The zero-order valence-corrected chi connectivity index (χ0v) is 13.9. The van der Waals surface area contributed by atoms with E-state index in [2.05, 4.69) is 66.8 Å². The van der Waals surface area contributed by atoms with Gasteiger partial charge in [0.15, 0.2) is 0 Å². The van der Waals surface area contributed by atoms with Gasteiger partial charge in [0.25, 0.3) is 0 Å². The molecule has 0 radical (unpaired) electrons. The fraction of sp³-hybridized carbons (Fsp3) is 0.143. The second-order valence-corrected chi connectivity index (χ2v) is 6.22. The van der Waals surface area contributed by atoms with E-state index in [0.29, 0.717) is 0 Å². The van der Waals surface area contributed by atoms with Gasteiger partial charge in [0.05, 0.1) is 0 Å². The summed E-state index contributed by atoms with van der Waals surface area (Å²) in [6.07, 6.45) is 0. The summed E-state index contributed by atoms with van der Waals surface area (Å²) in [6, 6.07) is 23.0. The molecule has 4 rings (SSSR count). The zero-order chi connectivity index (χ0) is 16.5. The molecule has 0 bridgehead atoms. The maximum Gasteiger partial charge on any atom is 0.135 e. The van der Waals surface area contributed by atoms with E-state index in [4.69, 9.17) is 4.42 Å². The van der Waals surface area contributed by atoms with E-state index in [0.717, 1.165) is 34.2 Å². The molecule has 1 heterocycles. The number of hydrogen-bond donors (Lipinski definition) is 1. The summed E-state index contributed by atoms with van der Waals surface area (Å²) in [5, 5.41) is 5.81. The molecule has 4 aromatic rings. The number of para-hydroxylation sites is 1. The van der Waals surface area contributed by atoms with Gasteiger partial charge in [-0.3, -0.25) is 0 Å². The van der Waals surface area contributed by atoms with Crippen molar-refractivity contribution in [3.8, 4) is 0 Å². The number of rotatable bonds is 4. The van der Waals surface area contributed by atoms with Gasteiger partial charge < -0.3 is 14.6 Å². The first kappa shape index (κ1) is 14.6. The quantitative estimate of drug-likeness (QED) is 0.556. The first-order chi connectivity index (χ1) is 11.7. The lowest BCUT2D eigenvalue weighted by Crippen LogP contribution is -2.08. The SMILES string of the molecule is CN(C)c1ccc(CNc2ccc3oc4ccccc4c3c2)cc1. The summed E-state index contributed by atoms with van der Waals surface area (Å²) in [7, 11) is 4.11. The first-order valence-corrected chi connectivity index (χ1v) is 8.12. The predicted molar refractivity (Wildman–Crippen MR) is 102 cm³/mol. The van der Waals surface area contributed by atoms with Crippen LogP contribution in [-0.2, 0) is 6.54 Å². The van der Waals surface area contributed by atoms with Crippen LogP contribution in [0.25, 0.3) is 21.9 Å². The Hall–Kier alpha value is -2.94. The molecule has 0 aliphatic heterocycles. The van der Waals surface area contributed by atoms with Crippen LogP contribution in [0.4, 0.5) is 11.4 Å². The summed E-state index contributed by atoms with van der Waals surface area (Å²) in [5.74, 6) is 0. The van der Waals surface area contributed by atoms with Gasteiger partial charge >= 0.3 is 0 Å². The van der Waals surface area contributed by atoms with E-state index in [-0.39, 0.29) is 0 Å². The summed E-state index contributed by atoms with van der Waals surface area (Å²) < 4.78 is 5.87. The Morgan fingerprint density at radius 3 is 2.38 bits per heavy atom. The molecule has 120 valence electrons. The smallest absolute Gasteiger partial charge is 0.135 e. The lowest BCUT2D eigenvalue weighted by Gasteiger charge is -2.13. The minimum Gasteiger partial charge on any atom is -0.456 e. The van der Waals surface area contributed by atoms with Crippen molar-refractivity contribution >= 4 is 33.3 Å². The van der Waals surface area contributed by atoms with E-state index in [9.17, 15) is 0 Å². The van der Waals surface area contributed by atoms with Crippen molar-refractivity contribution in [3.05, 3.63) is 72.3 Å². The van der Waals surface area contributed by atoms with Crippen molar-refractivity contribution < 1.29 is 4.42 Å². The van der Waals surface area contributed by atoms with Crippen LogP contribution in [0, 0.1) is 0 Å². The van der Waals surface area contributed by atoms with E-state index in [1.807, 2.05) is 24.3 Å². The van der Waals surface area contributed by atoms with Crippen molar-refractivity contribution in [2.24, 2.45) is 0 Å². The predicted octanol–water partition coefficient (Wildman–Crippen LogP) is 5.26. The van der Waals surface area contributed by atoms with Gasteiger partial charge in [-0.05, 0) is 42.0 Å². The molecule has 0 saturated carbocycles. The summed E-state index contributed by atoms with van der Waals surface area (Å²) in [5.41, 5.74) is 5.44. The summed E-state index contributed by atoms with van der Waals surface area (Å²) >= 11 is 0. The minimum absolute atomic E-state index is 0.801. The molecular weight excluding hydrogens is 296 g/mol. The van der Waals surface area contributed by atoms with Crippen LogP contribution in [-0.4, -0.2) is 14.1 Å². The molecule has 0 aliphatic carbocycles. The number of furan rings is 1. The van der Waals surface area contributed by atoms with Crippen LogP contribution in [0.3, 0.4) is 0 Å². The molecule has 0 amide bonds. The Kier molecular flexibility index (Phi) is 3.62. The minimum atomic E-state index is 0.801. The highest BCUT2D eigenvalue weighted by atomic mass is 16.3. The third kappa shape index (κ3) is 2.69. The van der Waals surface area contributed by atoms with Gasteiger partial charge in [0.1, 0.15) is 11.2 Å². The fourth-order valence-electron chi connectivity index (χ4n) is 2.95. The highest BCUT2D eigenvalue weighted by Crippen LogP contribution is 2.30. The molecule has 1 N–H and O–H groups in total. The number of nitrogens with zero attached hydrogens (tertiary/aromatic N) is 1. The molecule has 0 saturated heterocycles. The number of nitrogens with one attached hydrogen (secondary N) is 1. The largest absolute Gasteiger partial charge is 0.456 e. The van der Waals surface area contributed by atoms with E-state index in [1.54, 1.807) is 0 Å². The molecule has 3 heteroatoms. The van der Waals surface area contributed by atoms with Gasteiger partial charge in [-0.25, -0.2) is 0 Å². The highest BCUT2D eigenvalue weighted by Gasteiger charge is 2.06. The molecule has 0 atom stereocenters. The van der Waals surface area contributed by atoms with E-state index < -0.39 is 0 Å². The van der Waals surface area contributed by atoms with Crippen LogP contribution in [0.1, 0.15) is 5.56 Å². The highest BCUT2D eigenvalue weighted by molar-refractivity contribution is 6.05. The molecule has 24 heavy (non-hydrogen) atoms. The van der Waals surface area contributed by atoms with Crippen molar-refractivity contribution in [2.75, 3.05) is 24.3 Å². The van der Waals surface area contributed by atoms with Crippen LogP contribution < -0.4 is 10.2 Å². The number of benzene rings is 3. The van der Waals surface area contributed by atoms with E-state index in [1.165, 1.54) is 11.3 Å². The van der Waals surface area contributed by atoms with Crippen molar-refractivity contribution in [2.45, 2.75) is 6.54 Å². The lowest BCUT2D eigenvalue weighted by atomic mass is 10.1. The normalized spacial score (nSPS) is 11.1. The Balaban J connectivity index is 1.57.